The molecule has 0 saturated carbocycles. The predicted molar refractivity (Wildman–Crippen MR) is 86.4 cm³/mol. The quantitative estimate of drug-likeness (QED) is 0.656. The Morgan fingerprint density at radius 3 is 2.48 bits per heavy atom. The Kier molecular flexibility index (Phi) is 3.14. The predicted octanol–water partition coefficient (Wildman–Crippen LogP) is 2.65. The number of nitrogens with zero attached hydrogens (tertiary/aromatic N) is 1. The first kappa shape index (κ1) is 13.2. The van der Waals surface area contributed by atoms with Crippen LogP contribution in [0.3, 0.4) is 0 Å². The Labute approximate surface area is 123 Å². The molecule has 0 saturated heterocycles. The average Bonchev–Trinajstić information content (AvgIpc) is 2.77. The SMILES string of the molecule is CN(C)/C(=C1\C(=O)Nc2ccc(N)cc21)c1ccccc1. The molecule has 0 aromatic heterocycles. The zero-order valence-electron chi connectivity index (χ0n) is 12.1. The highest BCUT2D eigenvalue weighted by Crippen LogP contribution is 2.38. The third-order valence-electron chi connectivity index (χ3n) is 3.52. The molecule has 1 aliphatic rings. The molecular weight excluding hydrogens is 262 g/mol. The van der Waals surface area contributed by atoms with Crippen molar-refractivity contribution in [1.82, 2.24) is 4.90 Å². The fourth-order valence-corrected chi connectivity index (χ4v) is 2.64. The molecule has 0 bridgehead atoms. The lowest BCUT2D eigenvalue weighted by Gasteiger charge is -2.20. The van der Waals surface area contributed by atoms with E-state index in [2.05, 4.69) is 5.32 Å². The Hall–Kier alpha value is -2.75. The van der Waals surface area contributed by atoms with Gasteiger partial charge in [0.15, 0.2) is 0 Å². The minimum Gasteiger partial charge on any atom is -0.399 e. The molecule has 106 valence electrons. The van der Waals surface area contributed by atoms with Crippen molar-refractivity contribution in [2.75, 3.05) is 25.1 Å². The second kappa shape index (κ2) is 4.98. The van der Waals surface area contributed by atoms with Crippen LogP contribution in [0, 0.1) is 0 Å². The first-order chi connectivity index (χ1) is 10.1. The molecule has 3 rings (SSSR count). The average molecular weight is 279 g/mol. The second-order valence-corrected chi connectivity index (χ2v) is 5.24. The molecule has 2 aromatic carbocycles. The molecular formula is C17H17N3O. The van der Waals surface area contributed by atoms with E-state index in [0.717, 1.165) is 22.5 Å². The number of hydrogen-bond acceptors (Lipinski definition) is 3. The van der Waals surface area contributed by atoms with E-state index in [-0.39, 0.29) is 5.91 Å². The summed E-state index contributed by atoms with van der Waals surface area (Å²) in [4.78, 5) is 14.4. The number of fused-ring (bicyclic) bond motifs is 1. The zero-order valence-corrected chi connectivity index (χ0v) is 12.1. The van der Waals surface area contributed by atoms with Crippen LogP contribution in [0.5, 0.6) is 0 Å². The van der Waals surface area contributed by atoms with E-state index in [1.54, 1.807) is 6.07 Å². The van der Waals surface area contributed by atoms with Crippen molar-refractivity contribution < 1.29 is 4.79 Å². The number of rotatable bonds is 2. The summed E-state index contributed by atoms with van der Waals surface area (Å²) in [7, 11) is 3.87. The molecule has 0 atom stereocenters. The molecule has 3 N–H and O–H groups in total. The molecule has 0 spiro atoms. The Balaban J connectivity index is 2.29. The number of anilines is 2. The van der Waals surface area contributed by atoms with Gasteiger partial charge in [0.05, 0.1) is 11.3 Å². The highest BCUT2D eigenvalue weighted by molar-refractivity contribution is 6.36. The summed E-state index contributed by atoms with van der Waals surface area (Å²) in [5.74, 6) is -0.0943. The topological polar surface area (TPSA) is 58.4 Å². The standard InChI is InChI=1S/C17H17N3O/c1-20(2)16(11-6-4-3-5-7-11)15-13-10-12(18)8-9-14(13)19-17(15)21/h3-10H,18H2,1-2H3,(H,19,21)/b16-15-. The maximum Gasteiger partial charge on any atom is 0.258 e. The minimum absolute atomic E-state index is 0.0943. The zero-order chi connectivity index (χ0) is 15.0. The first-order valence-corrected chi connectivity index (χ1v) is 6.76. The monoisotopic (exact) mass is 279 g/mol. The van der Waals surface area contributed by atoms with Crippen molar-refractivity contribution in [3.8, 4) is 0 Å². The number of amides is 1. The smallest absolute Gasteiger partial charge is 0.258 e. The van der Waals surface area contributed by atoms with Crippen molar-refractivity contribution >= 4 is 28.6 Å². The van der Waals surface area contributed by atoms with Gasteiger partial charge in [-0.05, 0) is 23.8 Å². The second-order valence-electron chi connectivity index (χ2n) is 5.24. The molecule has 2 aromatic rings. The lowest BCUT2D eigenvalue weighted by atomic mass is 9.99. The number of nitrogens with two attached hydrogens (primary N) is 1. The number of hydrogen-bond donors (Lipinski definition) is 2. The molecule has 4 heteroatoms. The minimum atomic E-state index is -0.0943. The summed E-state index contributed by atoms with van der Waals surface area (Å²) in [5.41, 5.74) is 10.7. The maximum atomic E-state index is 12.4. The Morgan fingerprint density at radius 2 is 1.81 bits per heavy atom. The van der Waals surface area contributed by atoms with E-state index in [1.165, 1.54) is 0 Å². The van der Waals surface area contributed by atoms with Crippen LogP contribution in [0.15, 0.2) is 48.5 Å². The molecule has 0 fully saturated rings. The number of carbonyl (C=O) groups is 1. The molecule has 0 aliphatic carbocycles. The summed E-state index contributed by atoms with van der Waals surface area (Å²) >= 11 is 0. The summed E-state index contributed by atoms with van der Waals surface area (Å²) in [6.45, 7) is 0. The summed E-state index contributed by atoms with van der Waals surface area (Å²) in [5, 5.41) is 2.90. The Morgan fingerprint density at radius 1 is 1.10 bits per heavy atom. The van der Waals surface area contributed by atoms with Gasteiger partial charge in [0, 0.05) is 31.0 Å². The third kappa shape index (κ3) is 2.25. The summed E-state index contributed by atoms with van der Waals surface area (Å²) in [6, 6.07) is 15.4. The van der Waals surface area contributed by atoms with Gasteiger partial charge in [-0.2, -0.15) is 0 Å². The Bertz CT molecular complexity index is 733. The van der Waals surface area contributed by atoms with Crippen molar-refractivity contribution in [2.24, 2.45) is 0 Å². The van der Waals surface area contributed by atoms with Gasteiger partial charge in [-0.25, -0.2) is 0 Å². The largest absolute Gasteiger partial charge is 0.399 e. The maximum absolute atomic E-state index is 12.4. The molecule has 0 unspecified atom stereocenters. The van der Waals surface area contributed by atoms with E-state index < -0.39 is 0 Å². The fraction of sp³-hybridized carbons (Fsp3) is 0.118. The lowest BCUT2D eigenvalue weighted by molar-refractivity contribution is -0.110. The highest BCUT2D eigenvalue weighted by atomic mass is 16.2. The molecule has 4 nitrogen and oxygen atoms in total. The van der Waals surface area contributed by atoms with Crippen molar-refractivity contribution in [3.05, 3.63) is 59.7 Å². The van der Waals surface area contributed by atoms with Gasteiger partial charge in [0.25, 0.3) is 5.91 Å². The van der Waals surface area contributed by atoms with Crippen LogP contribution in [-0.4, -0.2) is 24.9 Å². The molecule has 1 aliphatic heterocycles. The highest BCUT2D eigenvalue weighted by Gasteiger charge is 2.29. The van der Waals surface area contributed by atoms with Crippen LogP contribution >= 0.6 is 0 Å². The lowest BCUT2D eigenvalue weighted by Crippen LogP contribution is -2.15. The van der Waals surface area contributed by atoms with Crippen LogP contribution < -0.4 is 11.1 Å². The van der Waals surface area contributed by atoms with Gasteiger partial charge in [-0.15, -0.1) is 0 Å². The van der Waals surface area contributed by atoms with E-state index in [4.69, 9.17) is 5.73 Å². The van der Waals surface area contributed by atoms with Gasteiger partial charge in [0.2, 0.25) is 0 Å². The summed E-state index contributed by atoms with van der Waals surface area (Å²) < 4.78 is 0. The first-order valence-electron chi connectivity index (χ1n) is 6.76. The third-order valence-corrected chi connectivity index (χ3v) is 3.52. The van der Waals surface area contributed by atoms with Crippen molar-refractivity contribution in [3.63, 3.8) is 0 Å². The van der Waals surface area contributed by atoms with E-state index >= 15 is 0 Å². The van der Waals surface area contributed by atoms with Gasteiger partial charge in [-0.3, -0.25) is 4.79 Å². The van der Waals surface area contributed by atoms with E-state index in [0.29, 0.717) is 11.3 Å². The van der Waals surface area contributed by atoms with Gasteiger partial charge in [-0.1, -0.05) is 30.3 Å². The normalized spacial score (nSPS) is 15.4. The van der Waals surface area contributed by atoms with Gasteiger partial charge >= 0.3 is 0 Å². The van der Waals surface area contributed by atoms with E-state index in [9.17, 15) is 4.79 Å². The van der Waals surface area contributed by atoms with Crippen LogP contribution in [0.2, 0.25) is 0 Å². The molecule has 1 heterocycles. The van der Waals surface area contributed by atoms with Crippen LogP contribution in [0.25, 0.3) is 11.3 Å². The van der Waals surface area contributed by atoms with Gasteiger partial charge < -0.3 is 16.0 Å². The number of benzene rings is 2. The molecule has 21 heavy (non-hydrogen) atoms. The van der Waals surface area contributed by atoms with Crippen molar-refractivity contribution in [2.45, 2.75) is 0 Å². The molecule has 1 amide bonds. The fourth-order valence-electron chi connectivity index (χ4n) is 2.64. The number of carbonyl (C=O) groups excluding carboxylic acids is 1. The van der Waals surface area contributed by atoms with Gasteiger partial charge in [0.1, 0.15) is 0 Å². The molecule has 0 radical (unpaired) electrons. The van der Waals surface area contributed by atoms with E-state index in [1.807, 2.05) is 61.5 Å². The number of nitrogens with one attached hydrogen (secondary N) is 1. The van der Waals surface area contributed by atoms with Crippen LogP contribution in [0.4, 0.5) is 11.4 Å². The van der Waals surface area contributed by atoms with Crippen molar-refractivity contribution in [1.29, 1.82) is 0 Å². The summed E-state index contributed by atoms with van der Waals surface area (Å²) in [6.07, 6.45) is 0. The number of nitrogen functional groups attached to an aromatic ring is 1. The van der Waals surface area contributed by atoms with Crippen LogP contribution in [-0.2, 0) is 4.79 Å². The van der Waals surface area contributed by atoms with Crippen LogP contribution in [0.1, 0.15) is 11.1 Å².